The number of carboxylic acid groups (broad SMARTS) is 1. The monoisotopic (exact) mass is 273 g/mol. The smallest absolute Gasteiger partial charge is 0.330 e. The van der Waals surface area contributed by atoms with Crippen molar-refractivity contribution in [3.8, 4) is 12.1 Å². The topological polar surface area (TPSA) is 96.9 Å². The molecule has 1 aromatic carbocycles. The number of hydrogen-bond donors (Lipinski definition) is 2. The highest BCUT2D eigenvalue weighted by atomic mass is 32.2. The van der Waals surface area contributed by atoms with Gasteiger partial charge in [0.05, 0.1) is 5.03 Å². The SMILES string of the molecule is CSC(NC(C(=O)O)c1ccccc1)=C(C#N)C#N. The molecule has 0 amide bonds. The van der Waals surface area contributed by atoms with Gasteiger partial charge in [0.2, 0.25) is 0 Å². The van der Waals surface area contributed by atoms with E-state index in [4.69, 9.17) is 10.5 Å². The van der Waals surface area contributed by atoms with Gasteiger partial charge >= 0.3 is 5.97 Å². The average Bonchev–Trinajstić information content (AvgIpc) is 2.44. The highest BCUT2D eigenvalue weighted by molar-refractivity contribution is 8.02. The minimum atomic E-state index is -1.08. The number of nitriles is 2. The first-order valence-corrected chi connectivity index (χ1v) is 6.49. The Morgan fingerprint density at radius 1 is 1.32 bits per heavy atom. The third kappa shape index (κ3) is 3.77. The van der Waals surface area contributed by atoms with Crippen LogP contribution in [0.1, 0.15) is 11.6 Å². The van der Waals surface area contributed by atoms with Gasteiger partial charge in [-0.1, -0.05) is 30.3 Å². The number of hydrogen-bond acceptors (Lipinski definition) is 5. The number of carboxylic acids is 1. The first-order chi connectivity index (χ1) is 9.13. The Hall–Kier alpha value is -2.44. The zero-order valence-corrected chi connectivity index (χ0v) is 10.9. The molecular formula is C13H11N3O2S. The van der Waals surface area contributed by atoms with E-state index in [1.807, 2.05) is 0 Å². The van der Waals surface area contributed by atoms with E-state index < -0.39 is 12.0 Å². The lowest BCUT2D eigenvalue weighted by Crippen LogP contribution is -2.27. The van der Waals surface area contributed by atoms with Crippen molar-refractivity contribution in [2.75, 3.05) is 6.26 Å². The number of rotatable bonds is 5. The lowest BCUT2D eigenvalue weighted by Gasteiger charge is -2.17. The lowest BCUT2D eigenvalue weighted by molar-refractivity contribution is -0.139. The van der Waals surface area contributed by atoms with Gasteiger partial charge in [0.15, 0.2) is 11.6 Å². The molecule has 0 aliphatic heterocycles. The highest BCUT2D eigenvalue weighted by Crippen LogP contribution is 2.20. The number of aliphatic carboxylic acids is 1. The van der Waals surface area contributed by atoms with Crippen LogP contribution in [0.5, 0.6) is 0 Å². The molecule has 0 spiro atoms. The van der Waals surface area contributed by atoms with Crippen molar-refractivity contribution in [2.24, 2.45) is 0 Å². The van der Waals surface area contributed by atoms with Crippen molar-refractivity contribution in [3.63, 3.8) is 0 Å². The maximum atomic E-state index is 11.3. The molecule has 0 saturated carbocycles. The minimum Gasteiger partial charge on any atom is -0.479 e. The Morgan fingerprint density at radius 2 is 1.89 bits per heavy atom. The molecule has 1 unspecified atom stereocenters. The second-order valence-corrected chi connectivity index (χ2v) is 4.27. The molecule has 5 nitrogen and oxygen atoms in total. The van der Waals surface area contributed by atoms with E-state index in [0.29, 0.717) is 5.56 Å². The normalized spacial score (nSPS) is 10.7. The molecule has 0 fully saturated rings. The zero-order chi connectivity index (χ0) is 14.3. The third-order valence-corrected chi connectivity index (χ3v) is 3.04. The van der Waals surface area contributed by atoms with E-state index >= 15 is 0 Å². The Morgan fingerprint density at radius 3 is 2.32 bits per heavy atom. The number of allylic oxidation sites excluding steroid dienone is 1. The molecule has 0 saturated heterocycles. The van der Waals surface area contributed by atoms with Crippen LogP contribution < -0.4 is 5.32 Å². The van der Waals surface area contributed by atoms with Gasteiger partial charge in [-0.2, -0.15) is 10.5 Å². The van der Waals surface area contributed by atoms with Crippen LogP contribution in [0.25, 0.3) is 0 Å². The van der Waals surface area contributed by atoms with Crippen LogP contribution in [-0.4, -0.2) is 17.3 Å². The van der Waals surface area contributed by atoms with E-state index in [2.05, 4.69) is 5.32 Å². The molecule has 1 atom stereocenters. The standard InChI is InChI=1S/C13H11N3O2S/c1-19-12(10(7-14)8-15)16-11(13(17)18)9-5-3-2-4-6-9/h2-6,11,16H,1H3,(H,17,18). The molecule has 0 heterocycles. The first-order valence-electron chi connectivity index (χ1n) is 5.26. The van der Waals surface area contributed by atoms with Crippen molar-refractivity contribution in [1.29, 1.82) is 10.5 Å². The Kier molecular flexibility index (Phi) is 5.46. The van der Waals surface area contributed by atoms with E-state index in [-0.39, 0.29) is 10.6 Å². The predicted octanol–water partition coefficient (Wildman–Crippen LogP) is 2.02. The highest BCUT2D eigenvalue weighted by Gasteiger charge is 2.21. The summed E-state index contributed by atoms with van der Waals surface area (Å²) < 4.78 is 0. The Balaban J connectivity index is 3.12. The van der Waals surface area contributed by atoms with Crippen molar-refractivity contribution >= 4 is 17.7 Å². The predicted molar refractivity (Wildman–Crippen MR) is 71.7 cm³/mol. The van der Waals surface area contributed by atoms with Gasteiger partial charge in [-0.25, -0.2) is 4.79 Å². The largest absolute Gasteiger partial charge is 0.479 e. The number of benzene rings is 1. The summed E-state index contributed by atoms with van der Waals surface area (Å²) in [7, 11) is 0. The van der Waals surface area contributed by atoms with E-state index in [9.17, 15) is 9.90 Å². The second-order valence-electron chi connectivity index (χ2n) is 3.46. The van der Waals surface area contributed by atoms with Gasteiger partial charge in [-0.3, -0.25) is 0 Å². The van der Waals surface area contributed by atoms with Gasteiger partial charge in [0.25, 0.3) is 0 Å². The molecule has 2 N–H and O–H groups in total. The Labute approximate surface area is 115 Å². The molecule has 0 radical (unpaired) electrons. The summed E-state index contributed by atoms with van der Waals surface area (Å²) in [6.45, 7) is 0. The molecule has 1 aromatic rings. The van der Waals surface area contributed by atoms with Gasteiger partial charge in [0, 0.05) is 0 Å². The van der Waals surface area contributed by atoms with Crippen LogP contribution in [0.3, 0.4) is 0 Å². The van der Waals surface area contributed by atoms with Gasteiger partial charge < -0.3 is 10.4 Å². The summed E-state index contributed by atoms with van der Waals surface area (Å²) >= 11 is 1.13. The fraction of sp³-hybridized carbons (Fsp3) is 0.154. The van der Waals surface area contributed by atoms with Crippen molar-refractivity contribution in [3.05, 3.63) is 46.5 Å². The van der Waals surface area contributed by atoms with Gasteiger partial charge in [-0.05, 0) is 11.8 Å². The van der Waals surface area contributed by atoms with Crippen LogP contribution in [0.2, 0.25) is 0 Å². The molecule has 96 valence electrons. The summed E-state index contributed by atoms with van der Waals surface area (Å²) in [5.41, 5.74) is 0.423. The van der Waals surface area contributed by atoms with Crippen LogP contribution in [-0.2, 0) is 4.79 Å². The lowest BCUT2D eigenvalue weighted by atomic mass is 10.1. The van der Waals surface area contributed by atoms with Crippen LogP contribution in [0, 0.1) is 22.7 Å². The van der Waals surface area contributed by atoms with Crippen LogP contribution in [0.15, 0.2) is 40.9 Å². The Bertz CT molecular complexity index is 554. The maximum absolute atomic E-state index is 11.3. The van der Waals surface area contributed by atoms with Crippen LogP contribution in [0.4, 0.5) is 0 Å². The van der Waals surface area contributed by atoms with Crippen LogP contribution >= 0.6 is 11.8 Å². The maximum Gasteiger partial charge on any atom is 0.330 e. The molecule has 0 aliphatic rings. The average molecular weight is 273 g/mol. The molecule has 19 heavy (non-hydrogen) atoms. The molecule has 0 aromatic heterocycles. The quantitative estimate of drug-likeness (QED) is 0.797. The minimum absolute atomic E-state index is 0.130. The number of nitrogens with zero attached hydrogens (tertiary/aromatic N) is 2. The third-order valence-electron chi connectivity index (χ3n) is 2.31. The summed E-state index contributed by atoms with van der Waals surface area (Å²) in [6, 6.07) is 11.1. The summed E-state index contributed by atoms with van der Waals surface area (Å²) in [4.78, 5) is 11.3. The summed E-state index contributed by atoms with van der Waals surface area (Å²) in [6.07, 6.45) is 1.67. The molecule has 6 heteroatoms. The van der Waals surface area contributed by atoms with Crippen molar-refractivity contribution in [2.45, 2.75) is 6.04 Å². The van der Waals surface area contributed by atoms with Crippen molar-refractivity contribution in [1.82, 2.24) is 5.32 Å². The van der Waals surface area contributed by atoms with Crippen molar-refractivity contribution < 1.29 is 9.90 Å². The number of carbonyl (C=O) groups is 1. The zero-order valence-electron chi connectivity index (χ0n) is 10.1. The number of nitrogens with one attached hydrogen (secondary N) is 1. The van der Waals surface area contributed by atoms with Gasteiger partial charge in [-0.15, -0.1) is 11.8 Å². The molecule has 0 aliphatic carbocycles. The molecule has 1 rings (SSSR count). The first kappa shape index (κ1) is 14.6. The summed E-state index contributed by atoms with van der Waals surface area (Å²) in [5, 5.41) is 29.8. The van der Waals surface area contributed by atoms with E-state index in [1.165, 1.54) is 0 Å². The molecule has 0 bridgehead atoms. The fourth-order valence-electron chi connectivity index (χ4n) is 1.42. The molecular weight excluding hydrogens is 262 g/mol. The second kappa shape index (κ2) is 7.10. The van der Waals surface area contributed by atoms with E-state index in [0.717, 1.165) is 11.8 Å². The summed E-state index contributed by atoms with van der Waals surface area (Å²) in [5.74, 6) is -1.08. The fourth-order valence-corrected chi connectivity index (χ4v) is 1.96. The van der Waals surface area contributed by atoms with Gasteiger partial charge in [0.1, 0.15) is 12.1 Å². The van der Waals surface area contributed by atoms with E-state index in [1.54, 1.807) is 48.7 Å². The number of thioether (sulfide) groups is 1.